The molecule has 1 N–H and O–H groups in total. The molecular weight excluding hydrogens is 210 g/mol. The summed E-state index contributed by atoms with van der Waals surface area (Å²) in [7, 11) is 1.33. The molecule has 92 valence electrons. The zero-order valence-electron chi connectivity index (χ0n) is 9.82. The van der Waals surface area contributed by atoms with Crippen molar-refractivity contribution < 1.29 is 19.1 Å². The molecule has 1 amide bonds. The van der Waals surface area contributed by atoms with Gasteiger partial charge in [-0.15, -0.1) is 0 Å². The third-order valence-corrected chi connectivity index (χ3v) is 2.52. The van der Waals surface area contributed by atoms with Gasteiger partial charge in [-0.1, -0.05) is 12.8 Å². The Morgan fingerprint density at radius 1 is 1.44 bits per heavy atom. The summed E-state index contributed by atoms with van der Waals surface area (Å²) in [4.78, 5) is 22.8. The van der Waals surface area contributed by atoms with Gasteiger partial charge in [0.1, 0.15) is 12.6 Å². The lowest BCUT2D eigenvalue weighted by atomic mass is 10.1. The van der Waals surface area contributed by atoms with Crippen LogP contribution in [0.25, 0.3) is 0 Å². The summed E-state index contributed by atoms with van der Waals surface area (Å²) in [6.45, 7) is 2.29. The summed E-state index contributed by atoms with van der Waals surface area (Å²) < 4.78 is 9.62. The minimum absolute atomic E-state index is 0.00530. The monoisotopic (exact) mass is 229 g/mol. The molecule has 0 aliphatic heterocycles. The van der Waals surface area contributed by atoms with E-state index in [9.17, 15) is 9.59 Å². The standard InChI is InChI=1S/C11H19NO4/c1-3-16-7-10(13)12-9(11(14)15-2)6-8-4-5-8/h8-9H,3-7H2,1-2H3,(H,12,13)/t9-/m0/s1. The molecule has 16 heavy (non-hydrogen) atoms. The highest BCUT2D eigenvalue weighted by Crippen LogP contribution is 2.33. The fourth-order valence-electron chi connectivity index (χ4n) is 1.47. The van der Waals surface area contributed by atoms with Crippen LogP contribution in [0.2, 0.25) is 0 Å². The number of hydrogen-bond acceptors (Lipinski definition) is 4. The summed E-state index contributed by atoms with van der Waals surface area (Å²) in [5, 5.41) is 2.64. The van der Waals surface area contributed by atoms with E-state index in [4.69, 9.17) is 4.74 Å². The number of carbonyl (C=O) groups is 2. The lowest BCUT2D eigenvalue weighted by molar-refractivity contribution is -0.146. The number of amides is 1. The van der Waals surface area contributed by atoms with E-state index < -0.39 is 6.04 Å². The molecule has 1 atom stereocenters. The Morgan fingerprint density at radius 3 is 2.62 bits per heavy atom. The zero-order valence-corrected chi connectivity index (χ0v) is 9.82. The van der Waals surface area contributed by atoms with E-state index in [1.165, 1.54) is 7.11 Å². The van der Waals surface area contributed by atoms with Gasteiger partial charge >= 0.3 is 5.97 Å². The lowest BCUT2D eigenvalue weighted by Gasteiger charge is -2.15. The van der Waals surface area contributed by atoms with Crippen molar-refractivity contribution >= 4 is 11.9 Å². The molecule has 0 heterocycles. The number of methoxy groups -OCH3 is 1. The van der Waals surface area contributed by atoms with Crippen molar-refractivity contribution in [3.05, 3.63) is 0 Å². The average molecular weight is 229 g/mol. The summed E-state index contributed by atoms with van der Waals surface area (Å²) in [5.74, 6) is -0.0915. The fraction of sp³-hybridized carbons (Fsp3) is 0.818. The second-order valence-corrected chi connectivity index (χ2v) is 3.96. The summed E-state index contributed by atoms with van der Waals surface area (Å²) in [5.41, 5.74) is 0. The zero-order chi connectivity index (χ0) is 12.0. The van der Waals surface area contributed by atoms with Crippen LogP contribution in [0.15, 0.2) is 0 Å². The van der Waals surface area contributed by atoms with E-state index in [-0.39, 0.29) is 18.5 Å². The largest absolute Gasteiger partial charge is 0.467 e. The SMILES string of the molecule is CCOCC(=O)N[C@@H](CC1CC1)C(=O)OC. The van der Waals surface area contributed by atoms with Gasteiger partial charge in [-0.2, -0.15) is 0 Å². The highest BCUT2D eigenvalue weighted by atomic mass is 16.5. The molecule has 1 rings (SSSR count). The second-order valence-electron chi connectivity index (χ2n) is 3.96. The van der Waals surface area contributed by atoms with Crippen LogP contribution >= 0.6 is 0 Å². The van der Waals surface area contributed by atoms with Crippen LogP contribution in [0, 0.1) is 5.92 Å². The Hall–Kier alpha value is -1.10. The Balaban J connectivity index is 2.35. The number of hydrogen-bond donors (Lipinski definition) is 1. The van der Waals surface area contributed by atoms with Crippen LogP contribution < -0.4 is 5.32 Å². The minimum Gasteiger partial charge on any atom is -0.467 e. The quantitative estimate of drug-likeness (QED) is 0.645. The highest BCUT2D eigenvalue weighted by molar-refractivity contribution is 5.85. The van der Waals surface area contributed by atoms with Crippen LogP contribution in [0.5, 0.6) is 0 Å². The summed E-state index contributed by atoms with van der Waals surface area (Å²) >= 11 is 0. The van der Waals surface area contributed by atoms with Crippen LogP contribution in [0.3, 0.4) is 0 Å². The van der Waals surface area contributed by atoms with Gasteiger partial charge in [-0.25, -0.2) is 4.79 Å². The molecule has 0 bridgehead atoms. The molecular formula is C11H19NO4. The Labute approximate surface area is 95.5 Å². The van der Waals surface area contributed by atoms with Gasteiger partial charge in [0.05, 0.1) is 7.11 Å². The predicted molar refractivity (Wildman–Crippen MR) is 57.8 cm³/mol. The van der Waals surface area contributed by atoms with Crippen LogP contribution in [-0.2, 0) is 19.1 Å². The lowest BCUT2D eigenvalue weighted by Crippen LogP contribution is -2.43. The van der Waals surface area contributed by atoms with Gasteiger partial charge in [0.25, 0.3) is 0 Å². The minimum atomic E-state index is -0.523. The van der Waals surface area contributed by atoms with Crippen LogP contribution in [0.4, 0.5) is 0 Å². The topological polar surface area (TPSA) is 64.6 Å². The van der Waals surface area contributed by atoms with Gasteiger partial charge in [-0.3, -0.25) is 4.79 Å². The first kappa shape index (κ1) is 13.0. The maximum Gasteiger partial charge on any atom is 0.328 e. The number of carbonyl (C=O) groups excluding carboxylic acids is 2. The fourth-order valence-corrected chi connectivity index (χ4v) is 1.47. The number of nitrogens with one attached hydrogen (secondary N) is 1. The van der Waals surface area contributed by atoms with E-state index >= 15 is 0 Å². The van der Waals surface area contributed by atoms with Gasteiger partial charge in [0.2, 0.25) is 5.91 Å². The first-order valence-corrected chi connectivity index (χ1v) is 5.62. The van der Waals surface area contributed by atoms with E-state index in [2.05, 4.69) is 10.1 Å². The second kappa shape index (κ2) is 6.48. The molecule has 0 aromatic rings. The van der Waals surface area contributed by atoms with Crippen molar-refractivity contribution in [3.8, 4) is 0 Å². The number of ether oxygens (including phenoxy) is 2. The average Bonchev–Trinajstić information content (AvgIpc) is 3.08. The summed E-state index contributed by atoms with van der Waals surface area (Å²) in [6.07, 6.45) is 2.94. The van der Waals surface area contributed by atoms with Crippen molar-refractivity contribution in [1.29, 1.82) is 0 Å². The van der Waals surface area contributed by atoms with Crippen molar-refractivity contribution in [1.82, 2.24) is 5.32 Å². The van der Waals surface area contributed by atoms with E-state index in [0.29, 0.717) is 18.9 Å². The molecule has 0 aromatic heterocycles. The van der Waals surface area contributed by atoms with E-state index in [1.54, 1.807) is 0 Å². The molecule has 0 saturated heterocycles. The van der Waals surface area contributed by atoms with Crippen molar-refractivity contribution in [2.75, 3.05) is 20.3 Å². The van der Waals surface area contributed by atoms with Gasteiger partial charge in [0.15, 0.2) is 0 Å². The number of esters is 1. The van der Waals surface area contributed by atoms with E-state index in [1.807, 2.05) is 6.92 Å². The molecule has 0 unspecified atom stereocenters. The third-order valence-electron chi connectivity index (χ3n) is 2.52. The van der Waals surface area contributed by atoms with Crippen molar-refractivity contribution in [2.24, 2.45) is 5.92 Å². The molecule has 0 aromatic carbocycles. The molecule has 1 saturated carbocycles. The van der Waals surface area contributed by atoms with Gasteiger partial charge in [0, 0.05) is 6.61 Å². The highest BCUT2D eigenvalue weighted by Gasteiger charge is 2.30. The third kappa shape index (κ3) is 4.61. The van der Waals surface area contributed by atoms with E-state index in [0.717, 1.165) is 12.8 Å². The Morgan fingerprint density at radius 2 is 2.12 bits per heavy atom. The maximum atomic E-state index is 11.4. The summed E-state index contributed by atoms with van der Waals surface area (Å²) in [6, 6.07) is -0.523. The first-order chi connectivity index (χ1) is 7.67. The molecule has 1 aliphatic carbocycles. The van der Waals surface area contributed by atoms with Crippen LogP contribution in [-0.4, -0.2) is 38.2 Å². The normalized spacial score (nSPS) is 16.6. The first-order valence-electron chi connectivity index (χ1n) is 5.62. The molecule has 5 nitrogen and oxygen atoms in total. The number of rotatable bonds is 7. The molecule has 1 fully saturated rings. The van der Waals surface area contributed by atoms with Gasteiger partial charge < -0.3 is 14.8 Å². The smallest absolute Gasteiger partial charge is 0.328 e. The van der Waals surface area contributed by atoms with Crippen molar-refractivity contribution in [3.63, 3.8) is 0 Å². The van der Waals surface area contributed by atoms with Gasteiger partial charge in [-0.05, 0) is 19.3 Å². The maximum absolute atomic E-state index is 11.4. The molecule has 0 radical (unpaired) electrons. The molecule has 0 spiro atoms. The van der Waals surface area contributed by atoms with Crippen molar-refractivity contribution in [2.45, 2.75) is 32.2 Å². The molecule has 5 heteroatoms. The molecule has 1 aliphatic rings. The Bertz CT molecular complexity index is 250. The Kier molecular flexibility index (Phi) is 5.25. The van der Waals surface area contributed by atoms with Crippen LogP contribution in [0.1, 0.15) is 26.2 Å². The predicted octanol–water partition coefficient (Wildman–Crippen LogP) is 0.481.